The number of nitrogens with one attached hydrogen (secondary N) is 2. The Morgan fingerprint density at radius 3 is 2.79 bits per heavy atom. The Labute approximate surface area is 179 Å². The lowest BCUT2D eigenvalue weighted by Gasteiger charge is -2.32. The summed E-state index contributed by atoms with van der Waals surface area (Å²) in [5, 5.41) is 4.91. The van der Waals surface area contributed by atoms with Gasteiger partial charge in [-0.25, -0.2) is 0 Å². The van der Waals surface area contributed by atoms with Crippen molar-refractivity contribution in [1.82, 2.24) is 15.2 Å². The van der Waals surface area contributed by atoms with Crippen molar-refractivity contribution < 1.29 is 9.59 Å². The van der Waals surface area contributed by atoms with Crippen LogP contribution in [0.5, 0.6) is 0 Å². The molecule has 3 aromatic rings. The predicted molar refractivity (Wildman–Crippen MR) is 115 cm³/mol. The minimum atomic E-state index is -0.216. The minimum Gasteiger partial charge on any atom is -0.361 e. The van der Waals surface area contributed by atoms with Crippen molar-refractivity contribution in [1.29, 1.82) is 0 Å². The molecule has 2 aromatic carbocycles. The van der Waals surface area contributed by atoms with Gasteiger partial charge in [0.15, 0.2) is 0 Å². The van der Waals surface area contributed by atoms with Crippen molar-refractivity contribution in [2.24, 2.45) is 5.92 Å². The van der Waals surface area contributed by atoms with Gasteiger partial charge >= 0.3 is 0 Å². The van der Waals surface area contributed by atoms with Gasteiger partial charge in [0.1, 0.15) is 0 Å². The molecule has 0 bridgehead atoms. The Morgan fingerprint density at radius 1 is 1.10 bits per heavy atom. The van der Waals surface area contributed by atoms with Crippen molar-refractivity contribution in [2.75, 3.05) is 13.1 Å². The second-order valence-electron chi connectivity index (χ2n) is 7.34. The van der Waals surface area contributed by atoms with Gasteiger partial charge in [-0.15, -0.1) is 0 Å². The van der Waals surface area contributed by atoms with Gasteiger partial charge < -0.3 is 15.2 Å². The third kappa shape index (κ3) is 4.41. The number of fused-ring (bicyclic) bond motifs is 1. The number of likely N-dealkylation sites (tertiary alicyclic amines) is 1. The molecule has 7 heteroatoms. The molecule has 2 amide bonds. The number of carbonyl (C=O) groups is 2. The summed E-state index contributed by atoms with van der Waals surface area (Å²) in [6.45, 7) is 1.47. The number of amides is 2. The van der Waals surface area contributed by atoms with Crippen LogP contribution in [0, 0.1) is 5.92 Å². The van der Waals surface area contributed by atoms with Gasteiger partial charge in [-0.05, 0) is 54.8 Å². The van der Waals surface area contributed by atoms with Gasteiger partial charge in [0.2, 0.25) is 5.91 Å². The lowest BCUT2D eigenvalue weighted by Crippen LogP contribution is -2.45. The highest BCUT2D eigenvalue weighted by Crippen LogP contribution is 2.23. The minimum absolute atomic E-state index is 0.0323. The van der Waals surface area contributed by atoms with E-state index >= 15 is 0 Å². The van der Waals surface area contributed by atoms with E-state index in [2.05, 4.69) is 10.3 Å². The Morgan fingerprint density at radius 2 is 1.97 bits per heavy atom. The molecule has 0 unspecified atom stereocenters. The maximum absolute atomic E-state index is 12.9. The van der Waals surface area contributed by atoms with Crippen LogP contribution < -0.4 is 5.32 Å². The summed E-state index contributed by atoms with van der Waals surface area (Å²) in [6, 6.07) is 12.9. The average Bonchev–Trinajstić information content (AvgIpc) is 3.22. The molecular formula is C22H21Cl2N3O2. The summed E-state index contributed by atoms with van der Waals surface area (Å²) in [5.41, 5.74) is 2.53. The quantitative estimate of drug-likeness (QED) is 0.633. The van der Waals surface area contributed by atoms with Crippen molar-refractivity contribution in [3.05, 3.63) is 69.8 Å². The van der Waals surface area contributed by atoms with Crippen molar-refractivity contribution >= 4 is 45.9 Å². The maximum atomic E-state index is 12.9. The zero-order chi connectivity index (χ0) is 20.4. The van der Waals surface area contributed by atoms with E-state index in [1.807, 2.05) is 36.5 Å². The number of rotatable bonds is 4. The number of carbonyl (C=O) groups excluding carboxylic acids is 2. The lowest BCUT2D eigenvalue weighted by atomic mass is 9.96. The number of nitrogens with zero attached hydrogens (tertiary/aromatic N) is 1. The third-order valence-electron chi connectivity index (χ3n) is 5.33. The van der Waals surface area contributed by atoms with Gasteiger partial charge in [0.25, 0.3) is 5.91 Å². The molecule has 4 rings (SSSR count). The zero-order valence-electron chi connectivity index (χ0n) is 15.8. The topological polar surface area (TPSA) is 65.2 Å². The summed E-state index contributed by atoms with van der Waals surface area (Å²) in [7, 11) is 0. The average molecular weight is 430 g/mol. The highest BCUT2D eigenvalue weighted by molar-refractivity contribution is 6.42. The van der Waals surface area contributed by atoms with Gasteiger partial charge in [-0.3, -0.25) is 9.59 Å². The van der Waals surface area contributed by atoms with Crippen LogP contribution in [0.4, 0.5) is 0 Å². The number of hydrogen-bond acceptors (Lipinski definition) is 2. The predicted octanol–water partition coefficient (Wildman–Crippen LogP) is 4.64. The van der Waals surface area contributed by atoms with Crippen LogP contribution in [0.3, 0.4) is 0 Å². The zero-order valence-corrected chi connectivity index (χ0v) is 17.3. The largest absolute Gasteiger partial charge is 0.361 e. The second kappa shape index (κ2) is 8.47. The lowest BCUT2D eigenvalue weighted by molar-refractivity contribution is -0.126. The molecule has 1 aromatic heterocycles. The molecule has 2 N–H and O–H groups in total. The highest BCUT2D eigenvalue weighted by atomic mass is 35.5. The van der Waals surface area contributed by atoms with E-state index in [1.54, 1.807) is 17.0 Å². The third-order valence-corrected chi connectivity index (χ3v) is 6.07. The van der Waals surface area contributed by atoms with Crippen molar-refractivity contribution in [2.45, 2.75) is 19.4 Å². The number of aromatic nitrogens is 1. The second-order valence-corrected chi connectivity index (χ2v) is 8.15. The number of hydrogen-bond donors (Lipinski definition) is 2. The number of halogens is 2. The van der Waals surface area contributed by atoms with E-state index < -0.39 is 0 Å². The van der Waals surface area contributed by atoms with Crippen molar-refractivity contribution in [3.8, 4) is 0 Å². The SMILES string of the molecule is O=C(NCc1ccc(Cl)c(Cl)c1)[C@@H]1CCCN(C(=O)c2ccc3[nH]ccc3c2)C1. The normalized spacial score (nSPS) is 16.8. The first-order valence-corrected chi connectivity index (χ1v) is 10.3. The monoisotopic (exact) mass is 429 g/mol. The van der Waals surface area contributed by atoms with E-state index in [4.69, 9.17) is 23.2 Å². The van der Waals surface area contributed by atoms with E-state index in [1.165, 1.54) is 0 Å². The molecular weight excluding hydrogens is 409 g/mol. The molecule has 0 aliphatic carbocycles. The molecule has 0 spiro atoms. The first kappa shape index (κ1) is 19.8. The van der Waals surface area contributed by atoms with Crippen LogP contribution >= 0.6 is 23.2 Å². The van der Waals surface area contributed by atoms with E-state index in [9.17, 15) is 9.59 Å². The van der Waals surface area contributed by atoms with Gasteiger partial charge in [-0.1, -0.05) is 29.3 Å². The molecule has 1 aliphatic rings. The number of aromatic amines is 1. The molecule has 0 radical (unpaired) electrons. The fourth-order valence-corrected chi connectivity index (χ4v) is 4.05. The van der Waals surface area contributed by atoms with Crippen LogP contribution in [0.1, 0.15) is 28.8 Å². The smallest absolute Gasteiger partial charge is 0.253 e. The summed E-state index contributed by atoms with van der Waals surface area (Å²) in [5.74, 6) is -0.295. The number of H-pyrrole nitrogens is 1. The molecule has 1 atom stereocenters. The van der Waals surface area contributed by atoms with Gasteiger partial charge in [0, 0.05) is 42.3 Å². The van der Waals surface area contributed by atoms with Crippen LogP contribution in [0.2, 0.25) is 10.0 Å². The van der Waals surface area contributed by atoms with Crippen molar-refractivity contribution in [3.63, 3.8) is 0 Å². The van der Waals surface area contributed by atoms with E-state index in [0.29, 0.717) is 35.2 Å². The maximum Gasteiger partial charge on any atom is 0.253 e. The van der Waals surface area contributed by atoms with E-state index in [-0.39, 0.29) is 17.7 Å². The first-order chi connectivity index (χ1) is 14.0. The molecule has 0 saturated carbocycles. The fraction of sp³-hybridized carbons (Fsp3) is 0.273. The molecule has 2 heterocycles. The molecule has 5 nitrogen and oxygen atoms in total. The molecule has 1 saturated heterocycles. The Bertz CT molecular complexity index is 1060. The summed E-state index contributed by atoms with van der Waals surface area (Å²) >= 11 is 12.0. The van der Waals surface area contributed by atoms with Crippen LogP contribution in [0.25, 0.3) is 10.9 Å². The number of benzene rings is 2. The number of piperidine rings is 1. The Kier molecular flexibility index (Phi) is 5.79. The highest BCUT2D eigenvalue weighted by Gasteiger charge is 2.29. The molecule has 1 aliphatic heterocycles. The summed E-state index contributed by atoms with van der Waals surface area (Å²) in [4.78, 5) is 30.5. The fourth-order valence-electron chi connectivity index (χ4n) is 3.73. The first-order valence-electron chi connectivity index (χ1n) is 9.59. The van der Waals surface area contributed by atoms with Crippen LogP contribution in [0.15, 0.2) is 48.7 Å². The molecule has 29 heavy (non-hydrogen) atoms. The molecule has 1 fully saturated rings. The molecule has 150 valence electrons. The van der Waals surface area contributed by atoms with Crippen LogP contribution in [-0.4, -0.2) is 34.8 Å². The standard InChI is InChI=1S/C22H21Cl2N3O2/c23-18-5-3-14(10-19(18)24)12-26-21(28)17-2-1-9-27(13-17)22(29)16-4-6-20-15(11-16)7-8-25-20/h3-8,10-11,17,25H,1-2,9,12-13H2,(H,26,28)/t17-/m1/s1. The van der Waals surface area contributed by atoms with Gasteiger partial charge in [-0.2, -0.15) is 0 Å². The van der Waals surface area contributed by atoms with Gasteiger partial charge in [0.05, 0.1) is 16.0 Å². The Hall–Kier alpha value is -2.50. The summed E-state index contributed by atoms with van der Waals surface area (Å²) in [6.07, 6.45) is 3.44. The summed E-state index contributed by atoms with van der Waals surface area (Å²) < 4.78 is 0. The van der Waals surface area contributed by atoms with Crippen LogP contribution in [-0.2, 0) is 11.3 Å². The van der Waals surface area contributed by atoms with E-state index in [0.717, 1.165) is 29.3 Å². The Balaban J connectivity index is 1.38.